The summed E-state index contributed by atoms with van der Waals surface area (Å²) < 4.78 is 0. The van der Waals surface area contributed by atoms with Gasteiger partial charge in [-0.1, -0.05) is 145 Å². The summed E-state index contributed by atoms with van der Waals surface area (Å²) in [5, 5.41) is 0. The Morgan fingerprint density at radius 1 is 0.286 bits per heavy atom. The second kappa shape index (κ2) is 25.3. The third-order valence-corrected chi connectivity index (χ3v) is 2.94. The van der Waals surface area contributed by atoms with Crippen molar-refractivity contribution in [2.75, 3.05) is 0 Å². The molecule has 0 aliphatic heterocycles. The highest BCUT2D eigenvalue weighted by Crippen LogP contribution is 1.92. The van der Waals surface area contributed by atoms with Gasteiger partial charge < -0.3 is 0 Å². The third-order valence-electron chi connectivity index (χ3n) is 2.94. The second-order valence-electron chi connectivity index (χ2n) is 5.12. The SMILES string of the molecule is Br.Br.Br.Cc1ccccc1.c1ccccc1.c1ccccc1.c1ccccc1. The van der Waals surface area contributed by atoms with Gasteiger partial charge in [-0.05, 0) is 6.92 Å². The summed E-state index contributed by atoms with van der Waals surface area (Å²) >= 11 is 0. The Labute approximate surface area is 202 Å². The topological polar surface area (TPSA) is 0 Å². The first-order valence-electron chi connectivity index (χ1n) is 8.41. The minimum absolute atomic E-state index is 0. The fourth-order valence-corrected chi connectivity index (χ4v) is 1.69. The molecule has 0 amide bonds. The van der Waals surface area contributed by atoms with Crippen molar-refractivity contribution in [1.82, 2.24) is 0 Å². The van der Waals surface area contributed by atoms with Gasteiger partial charge in [-0.25, -0.2) is 0 Å². The molecule has 0 nitrogen and oxygen atoms in total. The minimum atomic E-state index is 0. The highest BCUT2D eigenvalue weighted by Gasteiger charge is 1.72. The molecule has 0 radical (unpaired) electrons. The summed E-state index contributed by atoms with van der Waals surface area (Å²) in [6.45, 7) is 2.08. The maximum atomic E-state index is 2.08. The number of benzene rings is 4. The molecule has 0 aliphatic carbocycles. The maximum absolute atomic E-state index is 2.08. The van der Waals surface area contributed by atoms with Crippen LogP contribution >= 0.6 is 50.9 Å². The average Bonchev–Trinajstić information content (AvgIpc) is 2.74. The number of hydrogen-bond acceptors (Lipinski definition) is 0. The first kappa shape index (κ1) is 31.0. The number of halogens is 3. The highest BCUT2D eigenvalue weighted by atomic mass is 79.9. The van der Waals surface area contributed by atoms with Crippen LogP contribution in [-0.2, 0) is 0 Å². The van der Waals surface area contributed by atoms with E-state index in [1.807, 2.05) is 127 Å². The summed E-state index contributed by atoms with van der Waals surface area (Å²) in [5.41, 5.74) is 1.32. The Morgan fingerprint density at radius 2 is 0.429 bits per heavy atom. The zero-order valence-electron chi connectivity index (χ0n) is 16.0. The molecule has 0 bridgehead atoms. The molecule has 0 saturated heterocycles. The molecule has 4 aromatic carbocycles. The van der Waals surface area contributed by atoms with E-state index in [2.05, 4.69) is 19.1 Å². The molecule has 0 N–H and O–H groups in total. The Bertz CT molecular complexity index is 548. The third kappa shape index (κ3) is 22.4. The molecular weight excluding hydrogens is 540 g/mol. The van der Waals surface area contributed by atoms with Crippen LogP contribution in [0, 0.1) is 6.92 Å². The van der Waals surface area contributed by atoms with Crippen molar-refractivity contribution in [3.05, 3.63) is 145 Å². The average molecular weight is 569 g/mol. The lowest BCUT2D eigenvalue weighted by Gasteiger charge is -1.82. The molecule has 4 rings (SSSR count). The first-order valence-corrected chi connectivity index (χ1v) is 8.41. The molecular formula is C25H29Br3. The fraction of sp³-hybridized carbons (Fsp3) is 0.0400. The maximum Gasteiger partial charge on any atom is -0.0398 e. The lowest BCUT2D eigenvalue weighted by atomic mass is 10.2. The predicted molar refractivity (Wildman–Crippen MR) is 141 cm³/mol. The van der Waals surface area contributed by atoms with E-state index in [0.29, 0.717) is 0 Å². The molecule has 4 aromatic rings. The Kier molecular flexibility index (Phi) is 28.1. The van der Waals surface area contributed by atoms with Crippen LogP contribution in [0.15, 0.2) is 140 Å². The predicted octanol–water partition coefficient (Wildman–Crippen LogP) is 8.79. The van der Waals surface area contributed by atoms with E-state index in [4.69, 9.17) is 0 Å². The van der Waals surface area contributed by atoms with Crippen molar-refractivity contribution >= 4 is 50.9 Å². The lowest BCUT2D eigenvalue weighted by molar-refractivity contribution is 1.48. The molecule has 0 saturated carbocycles. The van der Waals surface area contributed by atoms with E-state index < -0.39 is 0 Å². The molecule has 0 unspecified atom stereocenters. The van der Waals surface area contributed by atoms with Crippen molar-refractivity contribution in [3.63, 3.8) is 0 Å². The van der Waals surface area contributed by atoms with Gasteiger partial charge in [0.1, 0.15) is 0 Å². The normalized spacial score (nSPS) is 7.32. The van der Waals surface area contributed by atoms with Gasteiger partial charge >= 0.3 is 0 Å². The molecule has 0 spiro atoms. The number of aryl methyl sites for hydroxylation is 1. The molecule has 0 aromatic heterocycles. The number of rotatable bonds is 0. The van der Waals surface area contributed by atoms with Crippen LogP contribution in [0.1, 0.15) is 5.56 Å². The molecule has 3 heteroatoms. The van der Waals surface area contributed by atoms with Gasteiger partial charge in [-0.3, -0.25) is 0 Å². The molecule has 0 fully saturated rings. The van der Waals surface area contributed by atoms with E-state index in [0.717, 1.165) is 0 Å². The van der Waals surface area contributed by atoms with Crippen molar-refractivity contribution < 1.29 is 0 Å². The second-order valence-corrected chi connectivity index (χ2v) is 5.12. The van der Waals surface area contributed by atoms with Crippen molar-refractivity contribution in [1.29, 1.82) is 0 Å². The van der Waals surface area contributed by atoms with E-state index in [1.165, 1.54) is 5.56 Å². The number of hydrogen-bond donors (Lipinski definition) is 0. The standard InChI is InChI=1S/C7H8.3C6H6.3BrH/c1-7-5-3-2-4-6-7;3*1-2-4-6-5-3-1;;;/h2-6H,1H3;3*1-6H;3*1H. The molecule has 0 aliphatic rings. The minimum Gasteiger partial charge on any atom is -0.114 e. The van der Waals surface area contributed by atoms with Crippen LogP contribution in [0.5, 0.6) is 0 Å². The van der Waals surface area contributed by atoms with E-state index in [1.54, 1.807) is 0 Å². The van der Waals surface area contributed by atoms with Gasteiger partial charge in [0.05, 0.1) is 0 Å². The molecule has 0 atom stereocenters. The molecule has 28 heavy (non-hydrogen) atoms. The fourth-order valence-electron chi connectivity index (χ4n) is 1.69. The summed E-state index contributed by atoms with van der Waals surface area (Å²) in [4.78, 5) is 0. The monoisotopic (exact) mass is 566 g/mol. The summed E-state index contributed by atoms with van der Waals surface area (Å²) in [6.07, 6.45) is 0. The van der Waals surface area contributed by atoms with Gasteiger partial charge in [0.2, 0.25) is 0 Å². The zero-order chi connectivity index (χ0) is 17.8. The van der Waals surface area contributed by atoms with E-state index >= 15 is 0 Å². The van der Waals surface area contributed by atoms with Gasteiger partial charge in [-0.2, -0.15) is 0 Å². The first-order chi connectivity index (χ1) is 12.4. The smallest absolute Gasteiger partial charge is 0.0398 e. The Morgan fingerprint density at radius 3 is 0.536 bits per heavy atom. The lowest BCUT2D eigenvalue weighted by Crippen LogP contribution is -1.62. The van der Waals surface area contributed by atoms with E-state index in [-0.39, 0.29) is 50.9 Å². The van der Waals surface area contributed by atoms with Crippen LogP contribution in [0.3, 0.4) is 0 Å². The van der Waals surface area contributed by atoms with Crippen LogP contribution < -0.4 is 0 Å². The van der Waals surface area contributed by atoms with Crippen LogP contribution in [0.25, 0.3) is 0 Å². The van der Waals surface area contributed by atoms with Crippen molar-refractivity contribution in [2.45, 2.75) is 6.92 Å². The van der Waals surface area contributed by atoms with Crippen molar-refractivity contribution in [2.24, 2.45) is 0 Å². The van der Waals surface area contributed by atoms with Crippen molar-refractivity contribution in [3.8, 4) is 0 Å². The zero-order valence-corrected chi connectivity index (χ0v) is 21.1. The molecule has 150 valence electrons. The quantitative estimate of drug-likeness (QED) is 0.199. The Balaban J connectivity index is -0.000000288. The summed E-state index contributed by atoms with van der Waals surface area (Å²) in [7, 11) is 0. The van der Waals surface area contributed by atoms with Crippen LogP contribution in [0.2, 0.25) is 0 Å². The summed E-state index contributed by atoms with van der Waals surface area (Å²) in [5.74, 6) is 0. The van der Waals surface area contributed by atoms with E-state index in [9.17, 15) is 0 Å². The van der Waals surface area contributed by atoms with Crippen LogP contribution in [-0.4, -0.2) is 0 Å². The Hall–Kier alpha value is -1.68. The largest absolute Gasteiger partial charge is 0.114 e. The van der Waals surface area contributed by atoms with Gasteiger partial charge in [0.15, 0.2) is 0 Å². The van der Waals surface area contributed by atoms with Gasteiger partial charge in [-0.15, -0.1) is 50.9 Å². The highest BCUT2D eigenvalue weighted by molar-refractivity contribution is 8.93. The van der Waals surface area contributed by atoms with Gasteiger partial charge in [0, 0.05) is 0 Å². The molecule has 0 heterocycles. The van der Waals surface area contributed by atoms with Gasteiger partial charge in [0.25, 0.3) is 0 Å². The van der Waals surface area contributed by atoms with Crippen LogP contribution in [0.4, 0.5) is 0 Å². The summed E-state index contributed by atoms with van der Waals surface area (Å²) in [6, 6.07) is 46.3.